The van der Waals surface area contributed by atoms with E-state index in [0.717, 1.165) is 22.9 Å². The van der Waals surface area contributed by atoms with Crippen molar-refractivity contribution in [3.63, 3.8) is 0 Å². The number of carbonyl (C=O) groups excluding carboxylic acids is 1. The fourth-order valence-corrected chi connectivity index (χ4v) is 4.46. The van der Waals surface area contributed by atoms with Gasteiger partial charge in [0.25, 0.3) is 5.91 Å². The Morgan fingerprint density at radius 3 is 2.52 bits per heavy atom. The van der Waals surface area contributed by atoms with Crippen LogP contribution in [0.3, 0.4) is 0 Å². The van der Waals surface area contributed by atoms with Crippen molar-refractivity contribution < 1.29 is 13.2 Å². The lowest BCUT2D eigenvalue weighted by atomic mass is 10.2. The topological polar surface area (TPSA) is 68.5 Å². The van der Waals surface area contributed by atoms with E-state index in [1.807, 2.05) is 10.6 Å². The van der Waals surface area contributed by atoms with E-state index in [-0.39, 0.29) is 4.90 Å². The summed E-state index contributed by atoms with van der Waals surface area (Å²) in [5, 5.41) is 0. The van der Waals surface area contributed by atoms with Crippen molar-refractivity contribution in [2.45, 2.75) is 24.8 Å². The molecule has 0 radical (unpaired) electrons. The molecular formula is C20H20N2O3S2. The molecule has 0 bridgehead atoms. The summed E-state index contributed by atoms with van der Waals surface area (Å²) in [6, 6.07) is 12.1. The van der Waals surface area contributed by atoms with Crippen molar-refractivity contribution >= 4 is 37.3 Å². The summed E-state index contributed by atoms with van der Waals surface area (Å²) in [6.45, 7) is 6.43. The van der Waals surface area contributed by atoms with Crippen molar-refractivity contribution in [3.8, 4) is 0 Å². The highest BCUT2D eigenvalue weighted by Gasteiger charge is 2.11. The number of benzene rings is 2. The molecule has 0 saturated heterocycles. The highest BCUT2D eigenvalue weighted by Crippen LogP contribution is 2.20. The van der Waals surface area contributed by atoms with Gasteiger partial charge >= 0.3 is 0 Å². The van der Waals surface area contributed by atoms with Crippen molar-refractivity contribution in [2.24, 2.45) is 4.99 Å². The van der Waals surface area contributed by atoms with Gasteiger partial charge in [-0.05, 0) is 48.4 Å². The van der Waals surface area contributed by atoms with E-state index in [1.165, 1.54) is 41.2 Å². The molecular weight excluding hydrogens is 380 g/mol. The van der Waals surface area contributed by atoms with E-state index in [9.17, 15) is 13.2 Å². The summed E-state index contributed by atoms with van der Waals surface area (Å²) in [4.78, 5) is 17.6. The van der Waals surface area contributed by atoms with Crippen LogP contribution in [-0.4, -0.2) is 25.1 Å². The van der Waals surface area contributed by atoms with Gasteiger partial charge in [0.1, 0.15) is 0 Å². The first kappa shape index (κ1) is 19.3. The molecule has 5 nitrogen and oxygen atoms in total. The summed E-state index contributed by atoms with van der Waals surface area (Å²) in [6.07, 6.45) is 3.84. The van der Waals surface area contributed by atoms with Gasteiger partial charge in [0.05, 0.1) is 15.1 Å². The van der Waals surface area contributed by atoms with Gasteiger partial charge in [-0.2, -0.15) is 4.99 Å². The molecule has 0 spiro atoms. The van der Waals surface area contributed by atoms with Gasteiger partial charge < -0.3 is 4.57 Å². The Bertz CT molecular complexity index is 1180. The number of rotatable bonds is 5. The molecule has 0 atom stereocenters. The van der Waals surface area contributed by atoms with E-state index in [0.29, 0.717) is 16.9 Å². The molecule has 0 saturated carbocycles. The Balaban J connectivity index is 2.07. The molecule has 27 heavy (non-hydrogen) atoms. The summed E-state index contributed by atoms with van der Waals surface area (Å²) in [7, 11) is -3.30. The second-order valence-electron chi connectivity index (χ2n) is 6.15. The highest BCUT2D eigenvalue weighted by molar-refractivity contribution is 7.90. The Hall–Kier alpha value is -2.51. The van der Waals surface area contributed by atoms with Crippen LogP contribution in [0.4, 0.5) is 0 Å². The minimum Gasteiger partial charge on any atom is -0.312 e. The summed E-state index contributed by atoms with van der Waals surface area (Å²) < 4.78 is 26.1. The third-order valence-electron chi connectivity index (χ3n) is 4.19. The minimum absolute atomic E-state index is 0.176. The maximum absolute atomic E-state index is 12.6. The molecule has 1 heterocycles. The molecule has 3 rings (SSSR count). The van der Waals surface area contributed by atoms with Crippen molar-refractivity contribution in [3.05, 3.63) is 71.0 Å². The number of aryl methyl sites for hydroxylation is 1. The summed E-state index contributed by atoms with van der Waals surface area (Å²) in [5.74, 6) is -0.407. The third kappa shape index (κ3) is 4.09. The van der Waals surface area contributed by atoms with Crippen LogP contribution in [0.5, 0.6) is 0 Å². The van der Waals surface area contributed by atoms with Gasteiger partial charge in [0.15, 0.2) is 14.6 Å². The fourth-order valence-electron chi connectivity index (χ4n) is 2.72. The number of sulfone groups is 1. The minimum atomic E-state index is -3.30. The summed E-state index contributed by atoms with van der Waals surface area (Å²) >= 11 is 1.46. The third-order valence-corrected chi connectivity index (χ3v) is 6.36. The average Bonchev–Trinajstić information content (AvgIpc) is 2.97. The Labute approximate surface area is 162 Å². The zero-order valence-corrected chi connectivity index (χ0v) is 16.8. The van der Waals surface area contributed by atoms with Crippen LogP contribution in [0.25, 0.3) is 10.2 Å². The lowest BCUT2D eigenvalue weighted by Crippen LogP contribution is -2.16. The molecule has 0 aliphatic rings. The van der Waals surface area contributed by atoms with Gasteiger partial charge in [-0.15, -0.1) is 6.58 Å². The maximum atomic E-state index is 12.6. The van der Waals surface area contributed by atoms with E-state index in [1.54, 1.807) is 6.08 Å². The van der Waals surface area contributed by atoms with Crippen LogP contribution in [-0.2, 0) is 22.8 Å². The SMILES string of the molecule is C=CCn1c(=NC(=O)c2ccc(S(C)(=O)=O)cc2)sc2cc(CC)ccc21. The van der Waals surface area contributed by atoms with E-state index in [2.05, 4.69) is 30.6 Å². The van der Waals surface area contributed by atoms with Crippen LogP contribution in [0.1, 0.15) is 22.8 Å². The van der Waals surface area contributed by atoms with Gasteiger partial charge in [0.2, 0.25) is 0 Å². The van der Waals surface area contributed by atoms with Gasteiger partial charge in [-0.3, -0.25) is 4.79 Å². The zero-order chi connectivity index (χ0) is 19.6. The van der Waals surface area contributed by atoms with Crippen LogP contribution < -0.4 is 4.80 Å². The van der Waals surface area contributed by atoms with Crippen molar-refractivity contribution in [1.29, 1.82) is 0 Å². The van der Waals surface area contributed by atoms with Crippen molar-refractivity contribution in [2.75, 3.05) is 6.26 Å². The number of allylic oxidation sites excluding steroid dienone is 1. The van der Waals surface area contributed by atoms with Crippen LogP contribution in [0, 0.1) is 0 Å². The molecule has 140 valence electrons. The van der Waals surface area contributed by atoms with Crippen molar-refractivity contribution in [1.82, 2.24) is 4.57 Å². The number of amides is 1. The van der Waals surface area contributed by atoms with Gasteiger partial charge in [-0.25, -0.2) is 8.42 Å². The standard InChI is InChI=1S/C20H20N2O3S2/c1-4-12-22-17-11-6-14(5-2)13-18(17)26-20(22)21-19(23)15-7-9-16(10-8-15)27(3,24)25/h4,6-11,13H,1,5,12H2,2-3H3. The van der Waals surface area contributed by atoms with Gasteiger partial charge in [0, 0.05) is 18.4 Å². The van der Waals surface area contributed by atoms with E-state index >= 15 is 0 Å². The van der Waals surface area contributed by atoms with Crippen LogP contribution in [0.2, 0.25) is 0 Å². The number of hydrogen-bond donors (Lipinski definition) is 0. The Kier molecular flexibility index (Phi) is 5.43. The first-order chi connectivity index (χ1) is 12.8. The molecule has 0 unspecified atom stereocenters. The second-order valence-corrected chi connectivity index (χ2v) is 9.18. The first-order valence-corrected chi connectivity index (χ1v) is 11.2. The molecule has 0 aliphatic carbocycles. The molecule has 1 amide bonds. The summed E-state index contributed by atoms with van der Waals surface area (Å²) in [5.41, 5.74) is 2.58. The fraction of sp³-hybridized carbons (Fsp3) is 0.200. The molecule has 1 aromatic heterocycles. The Morgan fingerprint density at radius 2 is 1.93 bits per heavy atom. The second kappa shape index (κ2) is 7.62. The van der Waals surface area contributed by atoms with E-state index in [4.69, 9.17) is 0 Å². The number of nitrogens with zero attached hydrogens (tertiary/aromatic N) is 2. The lowest BCUT2D eigenvalue weighted by Gasteiger charge is -2.02. The zero-order valence-electron chi connectivity index (χ0n) is 15.2. The quantitative estimate of drug-likeness (QED) is 0.615. The molecule has 0 N–H and O–H groups in total. The first-order valence-electron chi connectivity index (χ1n) is 8.46. The average molecular weight is 401 g/mol. The van der Waals surface area contributed by atoms with Crippen LogP contribution >= 0.6 is 11.3 Å². The number of carbonyl (C=O) groups is 1. The molecule has 0 aliphatic heterocycles. The normalized spacial score (nSPS) is 12.4. The largest absolute Gasteiger partial charge is 0.312 e. The molecule has 3 aromatic rings. The predicted molar refractivity (Wildman–Crippen MR) is 109 cm³/mol. The predicted octanol–water partition coefficient (Wildman–Crippen LogP) is 3.60. The molecule has 7 heteroatoms. The number of aromatic nitrogens is 1. The smallest absolute Gasteiger partial charge is 0.279 e. The monoisotopic (exact) mass is 400 g/mol. The van der Waals surface area contributed by atoms with Crippen LogP contribution in [0.15, 0.2) is 65.0 Å². The lowest BCUT2D eigenvalue weighted by molar-refractivity contribution is 0.0998. The number of fused-ring (bicyclic) bond motifs is 1. The van der Waals surface area contributed by atoms with E-state index < -0.39 is 15.7 Å². The number of hydrogen-bond acceptors (Lipinski definition) is 4. The number of thiazole rings is 1. The Morgan fingerprint density at radius 1 is 1.22 bits per heavy atom. The van der Waals surface area contributed by atoms with Gasteiger partial charge in [-0.1, -0.05) is 30.4 Å². The molecule has 0 fully saturated rings. The maximum Gasteiger partial charge on any atom is 0.279 e. The molecule has 2 aromatic carbocycles. The highest BCUT2D eigenvalue weighted by atomic mass is 32.2.